The zero-order valence-electron chi connectivity index (χ0n) is 49.2. The number of carbonyl (C=O) groups is 5. The number of anilines is 3. The molecule has 4 N–H and O–H groups in total. The first-order valence-electron chi connectivity index (χ1n) is 29.8. The Morgan fingerprint density at radius 2 is 1.56 bits per heavy atom. The zero-order chi connectivity index (χ0) is 61.4. The van der Waals surface area contributed by atoms with Crippen molar-refractivity contribution in [1.29, 1.82) is 0 Å². The Kier molecular flexibility index (Phi) is 18.3. The second-order valence-electron chi connectivity index (χ2n) is 25.2. The number of piperidine rings is 1. The molecule has 2 atom stereocenters. The topological polar surface area (TPSA) is 215 Å². The van der Waals surface area contributed by atoms with Crippen LogP contribution in [0, 0.1) is 16.2 Å². The summed E-state index contributed by atoms with van der Waals surface area (Å²) in [4.78, 5) is 71.0. The molecule has 2 bridgehead atoms. The molecular weight excluding hydrogens is 1170 g/mol. The number of unbranched alkanes of at least 4 members (excludes halogenated alkanes) is 2. The number of imide groups is 2. The first-order chi connectivity index (χ1) is 40.8. The van der Waals surface area contributed by atoms with Crippen LogP contribution in [0.5, 0.6) is 0 Å². The van der Waals surface area contributed by atoms with Crippen LogP contribution >= 0.6 is 11.8 Å². The summed E-state index contributed by atoms with van der Waals surface area (Å²) in [5.74, 6) is -3.10. The molecule has 4 aliphatic carbocycles. The maximum atomic E-state index is 14.5. The van der Waals surface area contributed by atoms with Gasteiger partial charge in [-0.15, -0.1) is 11.8 Å². The van der Waals surface area contributed by atoms with Crippen molar-refractivity contribution >= 4 is 78.2 Å². The largest absolute Gasteiger partial charge is 0.501 e. The van der Waals surface area contributed by atoms with E-state index < -0.39 is 82.5 Å². The second kappa shape index (κ2) is 25.1. The minimum Gasteiger partial charge on any atom is -0.384 e. The number of piperazine rings is 1. The van der Waals surface area contributed by atoms with E-state index in [9.17, 15) is 54.0 Å². The number of nitrogens with zero attached hydrogens (tertiary/aromatic N) is 4. The molecule has 5 amide bonds. The van der Waals surface area contributed by atoms with E-state index in [1.807, 2.05) is 47.0 Å². The predicted octanol–water partition coefficient (Wildman–Crippen LogP) is 9.89. The quantitative estimate of drug-likeness (QED) is 0.0210. The Morgan fingerprint density at radius 1 is 0.837 bits per heavy atom. The molecule has 4 aromatic carbocycles. The van der Waals surface area contributed by atoms with Crippen molar-refractivity contribution in [3.63, 3.8) is 0 Å². The van der Waals surface area contributed by atoms with Crippen molar-refractivity contribution in [2.45, 2.75) is 137 Å². The summed E-state index contributed by atoms with van der Waals surface area (Å²) in [5, 5.41) is 8.46. The number of sulfone groups is 1. The summed E-state index contributed by atoms with van der Waals surface area (Å²) in [6.07, 6.45) is 11.4. The van der Waals surface area contributed by atoms with Crippen LogP contribution in [0.1, 0.15) is 135 Å². The summed E-state index contributed by atoms with van der Waals surface area (Å²) in [7, 11) is -9.16. The van der Waals surface area contributed by atoms with Crippen LogP contribution < -0.4 is 25.6 Å². The van der Waals surface area contributed by atoms with Gasteiger partial charge in [-0.1, -0.05) is 69.0 Å². The first-order valence-corrected chi connectivity index (χ1v) is 33.8. The molecule has 23 heteroatoms. The van der Waals surface area contributed by atoms with Gasteiger partial charge in [-0.3, -0.25) is 39.1 Å². The lowest BCUT2D eigenvalue weighted by Gasteiger charge is -2.73. The molecule has 0 aromatic heterocycles. The van der Waals surface area contributed by atoms with E-state index in [1.54, 1.807) is 35.4 Å². The van der Waals surface area contributed by atoms with Gasteiger partial charge in [0.2, 0.25) is 11.8 Å². The molecule has 86 heavy (non-hydrogen) atoms. The zero-order valence-corrected chi connectivity index (χ0v) is 51.6. The maximum absolute atomic E-state index is 14.5. The summed E-state index contributed by atoms with van der Waals surface area (Å²) in [6.45, 7) is 12.9. The van der Waals surface area contributed by atoms with Crippen molar-refractivity contribution in [2.24, 2.45) is 16.2 Å². The minimum atomic E-state index is -6.14. The molecular formula is C63H77F3N8O9S3. The van der Waals surface area contributed by atoms with E-state index in [-0.39, 0.29) is 29.5 Å². The third-order valence-electron chi connectivity index (χ3n) is 18.5. The van der Waals surface area contributed by atoms with E-state index in [1.165, 1.54) is 68.5 Å². The number of sulfonamides is 1. The Morgan fingerprint density at radius 3 is 2.24 bits per heavy atom. The van der Waals surface area contributed by atoms with E-state index in [0.29, 0.717) is 66.2 Å². The molecule has 11 rings (SSSR count). The molecule has 17 nitrogen and oxygen atoms in total. The van der Waals surface area contributed by atoms with E-state index >= 15 is 0 Å². The number of amides is 5. The van der Waals surface area contributed by atoms with Crippen LogP contribution in [-0.2, 0) is 29.4 Å². The third kappa shape index (κ3) is 13.4. The molecule has 5 fully saturated rings. The summed E-state index contributed by atoms with van der Waals surface area (Å²) >= 11 is 1.41. The number of fused-ring (bicyclic) bond motifs is 1. The lowest BCUT2D eigenvalue weighted by atomic mass is 9.31. The smallest absolute Gasteiger partial charge is 0.384 e. The van der Waals surface area contributed by atoms with E-state index in [2.05, 4.69) is 46.5 Å². The Hall–Kier alpha value is -6.27. The second-order valence-corrected chi connectivity index (χ2v) is 29.8. The van der Waals surface area contributed by atoms with Crippen molar-refractivity contribution in [3.05, 3.63) is 119 Å². The van der Waals surface area contributed by atoms with Gasteiger partial charge in [-0.05, 0) is 167 Å². The first kappa shape index (κ1) is 62.8. The van der Waals surface area contributed by atoms with Crippen LogP contribution in [0.3, 0.4) is 0 Å². The number of allylic oxidation sites excluding steroid dienone is 1. The highest BCUT2D eigenvalue weighted by atomic mass is 32.2. The number of rotatable bonds is 25. The normalized spacial score (nSPS) is 22.7. The monoisotopic (exact) mass is 1240 g/mol. The van der Waals surface area contributed by atoms with Gasteiger partial charge in [0, 0.05) is 79.3 Å². The third-order valence-corrected chi connectivity index (χ3v) is 22.5. The van der Waals surface area contributed by atoms with Crippen molar-refractivity contribution < 1.29 is 54.0 Å². The van der Waals surface area contributed by atoms with Crippen LogP contribution in [0.4, 0.5) is 30.2 Å². The van der Waals surface area contributed by atoms with Gasteiger partial charge in [-0.25, -0.2) is 21.6 Å². The minimum absolute atomic E-state index is 0.0106. The molecule has 0 radical (unpaired) electrons. The highest BCUT2D eigenvalue weighted by Crippen LogP contribution is 2.79. The molecule has 3 aliphatic heterocycles. The molecule has 1 unspecified atom stereocenters. The number of nitrogens with one attached hydrogen (secondary N) is 4. The summed E-state index contributed by atoms with van der Waals surface area (Å²) < 4.78 is 99.6. The molecule has 3 saturated carbocycles. The van der Waals surface area contributed by atoms with Crippen LogP contribution in [-0.4, -0.2) is 144 Å². The van der Waals surface area contributed by atoms with Crippen molar-refractivity contribution in [3.8, 4) is 0 Å². The Balaban J connectivity index is 0.737. The van der Waals surface area contributed by atoms with Gasteiger partial charge >= 0.3 is 5.51 Å². The highest BCUT2D eigenvalue weighted by molar-refractivity contribution is 7.99. The molecule has 462 valence electrons. The summed E-state index contributed by atoms with van der Waals surface area (Å²) in [6, 6.07) is 21.3. The van der Waals surface area contributed by atoms with Gasteiger partial charge in [0.05, 0.1) is 21.7 Å². The average molecular weight is 1240 g/mol. The number of alkyl halides is 3. The van der Waals surface area contributed by atoms with Gasteiger partial charge in [0.25, 0.3) is 37.6 Å². The number of thioether (sulfide) groups is 1. The van der Waals surface area contributed by atoms with Crippen molar-refractivity contribution in [1.82, 2.24) is 24.7 Å². The Bertz CT molecular complexity index is 3500. The number of carbonyl (C=O) groups excluding carboxylic acids is 5. The lowest BCUT2D eigenvalue weighted by Crippen LogP contribution is -2.63. The Labute approximate surface area is 506 Å². The fraction of sp³-hybridized carbons (Fsp3) is 0.508. The number of benzene rings is 4. The lowest BCUT2D eigenvalue weighted by molar-refractivity contribution is -0.182. The predicted molar refractivity (Wildman–Crippen MR) is 325 cm³/mol. The van der Waals surface area contributed by atoms with Gasteiger partial charge in [0.1, 0.15) is 10.9 Å². The molecule has 0 spiro atoms. The van der Waals surface area contributed by atoms with E-state index in [0.717, 1.165) is 79.6 Å². The van der Waals surface area contributed by atoms with E-state index in [4.69, 9.17) is 0 Å². The molecule has 4 aromatic rings. The average Bonchev–Trinajstić information content (AvgIpc) is 0.800. The number of hydrogen-bond donors (Lipinski definition) is 4. The molecule has 2 saturated heterocycles. The number of hydrogen-bond acceptors (Lipinski definition) is 15. The van der Waals surface area contributed by atoms with Crippen LogP contribution in [0.25, 0.3) is 0 Å². The fourth-order valence-electron chi connectivity index (χ4n) is 13.6. The van der Waals surface area contributed by atoms with Gasteiger partial charge < -0.3 is 20.4 Å². The van der Waals surface area contributed by atoms with Gasteiger partial charge in [0.15, 0.2) is 0 Å². The van der Waals surface area contributed by atoms with Crippen LogP contribution in [0.2, 0.25) is 0 Å². The van der Waals surface area contributed by atoms with Gasteiger partial charge in [-0.2, -0.15) is 13.2 Å². The molecule has 7 aliphatic rings. The highest BCUT2D eigenvalue weighted by Gasteiger charge is 2.68. The SMILES string of the molecule is CCC12CC(C3=C(CN4CCN(c5ccc(C(=O)NS(=O)(=O)c6ccc(N[C@H](CCN(C)CCCCCNc7cccc8c7C(=O)N(C7CCC(=O)NC7=O)C8=O)CSc7ccccc7)c(S(=O)(=O)C(F)(F)F)c6)cc5)CC4)CCC(C)(C)C3)(C1)C2. The molecule has 3 heterocycles. The maximum Gasteiger partial charge on any atom is 0.501 e. The van der Waals surface area contributed by atoms with Crippen LogP contribution in [0.15, 0.2) is 117 Å². The summed E-state index contributed by atoms with van der Waals surface area (Å²) in [5.41, 5.74) is 0.116. The standard InChI is InChI=1S/C63H77F3N8O9S3/c1-5-61-39-62(40-61,41-61)49-36-60(2,3)27-25-43(49)37-72-31-33-73(34-32-72)45-19-17-42(18-20-45)56(76)70-86(82,83)47-21-22-50(53(35-47)85(80,81)63(64,65)66)68-44(38-84-46-13-8-6-9-14-46)26-30-71(4)29-11-7-10-28-67-51-16-12-15-48-55(51)59(79)74(58(48)78)52-23-24-54(75)69-57(52)77/h6,8-9,12-22,35,44,52,67-68H,5,7,10-11,23-34,36-41H2,1-4H3,(H,70,76)(H,69,75,77)/t44-,52?,61?,62?/m1/s1. The van der Waals surface area contributed by atoms with Crippen molar-refractivity contribution in [2.75, 3.05) is 80.7 Å². The fourth-order valence-corrected chi connectivity index (χ4v) is 16.6. The number of halogens is 3.